The third-order valence-electron chi connectivity index (χ3n) is 6.00. The lowest BCUT2D eigenvalue weighted by atomic mass is 9.94. The molecule has 2 aliphatic heterocycles. The molecule has 3 aliphatic rings. The molecule has 5 rings (SSSR count). The molecule has 3 heterocycles. The first kappa shape index (κ1) is 18.2. The molecule has 1 saturated heterocycles. The SMILES string of the molecule is Cc1c(C(=O)N2CCN(Cc3ccc4c(c3)OCO4)CC2)oc2c1C(=O)CCC2. The van der Waals surface area contributed by atoms with Gasteiger partial charge in [0.2, 0.25) is 6.79 Å². The molecule has 0 bridgehead atoms. The molecule has 1 fully saturated rings. The van der Waals surface area contributed by atoms with Gasteiger partial charge in [-0.3, -0.25) is 14.5 Å². The molecule has 0 radical (unpaired) electrons. The van der Waals surface area contributed by atoms with Gasteiger partial charge in [-0.25, -0.2) is 0 Å². The van der Waals surface area contributed by atoms with Crippen molar-refractivity contribution in [1.82, 2.24) is 9.80 Å². The minimum atomic E-state index is -0.104. The normalized spacial score (nSPS) is 18.8. The van der Waals surface area contributed by atoms with Crippen LogP contribution >= 0.6 is 0 Å². The number of carbonyl (C=O) groups excluding carboxylic acids is 2. The summed E-state index contributed by atoms with van der Waals surface area (Å²) in [5, 5.41) is 0. The van der Waals surface area contributed by atoms with Crippen LogP contribution < -0.4 is 9.47 Å². The molecule has 1 aromatic carbocycles. The summed E-state index contributed by atoms with van der Waals surface area (Å²) < 4.78 is 16.6. The van der Waals surface area contributed by atoms with E-state index in [2.05, 4.69) is 11.0 Å². The molecule has 29 heavy (non-hydrogen) atoms. The summed E-state index contributed by atoms with van der Waals surface area (Å²) in [5.41, 5.74) is 2.51. The maximum absolute atomic E-state index is 13.0. The van der Waals surface area contributed by atoms with E-state index >= 15 is 0 Å². The number of rotatable bonds is 3. The highest BCUT2D eigenvalue weighted by Crippen LogP contribution is 2.33. The summed E-state index contributed by atoms with van der Waals surface area (Å²) in [7, 11) is 0. The van der Waals surface area contributed by atoms with Gasteiger partial charge in [0.1, 0.15) is 5.76 Å². The van der Waals surface area contributed by atoms with E-state index in [0.717, 1.165) is 44.0 Å². The zero-order valence-electron chi connectivity index (χ0n) is 16.5. The number of amides is 1. The molecule has 0 saturated carbocycles. The van der Waals surface area contributed by atoms with Crippen LogP contribution in [0.3, 0.4) is 0 Å². The maximum atomic E-state index is 13.0. The zero-order chi connectivity index (χ0) is 20.0. The number of fused-ring (bicyclic) bond motifs is 2. The molecule has 0 atom stereocenters. The van der Waals surface area contributed by atoms with Crippen molar-refractivity contribution in [2.24, 2.45) is 0 Å². The van der Waals surface area contributed by atoms with Crippen LogP contribution in [0.4, 0.5) is 0 Å². The van der Waals surface area contributed by atoms with E-state index in [-0.39, 0.29) is 18.5 Å². The van der Waals surface area contributed by atoms with Crippen LogP contribution in [0.15, 0.2) is 22.6 Å². The number of nitrogens with zero attached hydrogens (tertiary/aromatic N) is 2. The lowest BCUT2D eigenvalue weighted by molar-refractivity contribution is 0.0594. The van der Waals surface area contributed by atoms with Crippen LogP contribution in [0, 0.1) is 6.92 Å². The molecule has 152 valence electrons. The van der Waals surface area contributed by atoms with Gasteiger partial charge in [0.15, 0.2) is 23.0 Å². The minimum Gasteiger partial charge on any atom is -0.455 e. The largest absolute Gasteiger partial charge is 0.455 e. The second kappa shape index (κ2) is 7.22. The fourth-order valence-corrected chi connectivity index (χ4v) is 4.40. The van der Waals surface area contributed by atoms with Crippen LogP contribution in [-0.4, -0.2) is 54.5 Å². The lowest BCUT2D eigenvalue weighted by Crippen LogP contribution is -2.48. The average Bonchev–Trinajstić information content (AvgIpc) is 3.33. The number of benzene rings is 1. The van der Waals surface area contributed by atoms with Crippen molar-refractivity contribution in [3.63, 3.8) is 0 Å². The van der Waals surface area contributed by atoms with Crippen molar-refractivity contribution in [2.45, 2.75) is 32.7 Å². The van der Waals surface area contributed by atoms with Gasteiger partial charge in [0.05, 0.1) is 5.56 Å². The number of furan rings is 1. The first-order chi connectivity index (χ1) is 14.1. The van der Waals surface area contributed by atoms with Crippen LogP contribution in [0.1, 0.15) is 50.6 Å². The number of hydrogen-bond acceptors (Lipinski definition) is 6. The van der Waals surface area contributed by atoms with Crippen LogP contribution in [0.25, 0.3) is 0 Å². The Hall–Kier alpha value is -2.80. The highest BCUT2D eigenvalue weighted by Gasteiger charge is 2.32. The van der Waals surface area contributed by atoms with Crippen molar-refractivity contribution in [3.05, 3.63) is 46.4 Å². The van der Waals surface area contributed by atoms with E-state index in [1.807, 2.05) is 24.0 Å². The van der Waals surface area contributed by atoms with Crippen molar-refractivity contribution in [1.29, 1.82) is 0 Å². The number of carbonyl (C=O) groups is 2. The molecule has 1 amide bonds. The van der Waals surface area contributed by atoms with Crippen molar-refractivity contribution in [3.8, 4) is 11.5 Å². The topological polar surface area (TPSA) is 72.2 Å². The van der Waals surface area contributed by atoms with Crippen molar-refractivity contribution >= 4 is 11.7 Å². The van der Waals surface area contributed by atoms with E-state index < -0.39 is 0 Å². The van der Waals surface area contributed by atoms with Gasteiger partial charge in [0, 0.05) is 51.1 Å². The average molecular weight is 396 g/mol. The first-order valence-corrected chi connectivity index (χ1v) is 10.2. The van der Waals surface area contributed by atoms with Crippen LogP contribution in [-0.2, 0) is 13.0 Å². The Balaban J connectivity index is 1.23. The zero-order valence-corrected chi connectivity index (χ0v) is 16.5. The number of hydrogen-bond donors (Lipinski definition) is 0. The van der Waals surface area contributed by atoms with Gasteiger partial charge in [-0.05, 0) is 31.0 Å². The van der Waals surface area contributed by atoms with Crippen LogP contribution in [0.5, 0.6) is 11.5 Å². The lowest BCUT2D eigenvalue weighted by Gasteiger charge is -2.34. The second-order valence-corrected chi connectivity index (χ2v) is 7.89. The second-order valence-electron chi connectivity index (χ2n) is 7.89. The summed E-state index contributed by atoms with van der Waals surface area (Å²) in [4.78, 5) is 29.4. The number of aryl methyl sites for hydroxylation is 1. The molecular weight excluding hydrogens is 372 g/mol. The Morgan fingerprint density at radius 2 is 1.86 bits per heavy atom. The van der Waals surface area contributed by atoms with Crippen LogP contribution in [0.2, 0.25) is 0 Å². The molecule has 7 heteroatoms. The van der Waals surface area contributed by atoms with Gasteiger partial charge in [-0.2, -0.15) is 0 Å². The van der Waals surface area contributed by atoms with Crippen molar-refractivity contribution < 1.29 is 23.5 Å². The number of Topliss-reactive ketones (excluding diaryl/α,β-unsaturated/α-hetero) is 1. The number of piperazine rings is 1. The van der Waals surface area contributed by atoms with E-state index in [1.165, 1.54) is 5.56 Å². The molecule has 7 nitrogen and oxygen atoms in total. The maximum Gasteiger partial charge on any atom is 0.289 e. The van der Waals surface area contributed by atoms with Crippen molar-refractivity contribution in [2.75, 3.05) is 33.0 Å². The molecule has 1 aliphatic carbocycles. The van der Waals surface area contributed by atoms with Gasteiger partial charge in [-0.15, -0.1) is 0 Å². The smallest absolute Gasteiger partial charge is 0.289 e. The molecule has 0 spiro atoms. The summed E-state index contributed by atoms with van der Waals surface area (Å²) in [6.07, 6.45) is 2.07. The Morgan fingerprint density at radius 3 is 2.66 bits per heavy atom. The summed E-state index contributed by atoms with van der Waals surface area (Å²) in [5.74, 6) is 2.60. The van der Waals surface area contributed by atoms with E-state index in [1.54, 1.807) is 0 Å². The molecule has 1 aromatic heterocycles. The van der Waals surface area contributed by atoms with Gasteiger partial charge >= 0.3 is 0 Å². The molecule has 0 unspecified atom stereocenters. The number of ether oxygens (including phenoxy) is 2. The Bertz CT molecular complexity index is 972. The van der Waals surface area contributed by atoms with Gasteiger partial charge < -0.3 is 18.8 Å². The summed E-state index contributed by atoms with van der Waals surface area (Å²) >= 11 is 0. The minimum absolute atomic E-state index is 0.0973. The number of ketones is 1. The Labute approximate surface area is 169 Å². The summed E-state index contributed by atoms with van der Waals surface area (Å²) in [6, 6.07) is 6.02. The molecule has 2 aromatic rings. The molecule has 0 N–H and O–H groups in total. The van der Waals surface area contributed by atoms with E-state index in [9.17, 15) is 9.59 Å². The summed E-state index contributed by atoms with van der Waals surface area (Å²) in [6.45, 7) is 5.78. The Morgan fingerprint density at radius 1 is 1.07 bits per heavy atom. The Kier molecular flexibility index (Phi) is 4.54. The fourth-order valence-electron chi connectivity index (χ4n) is 4.40. The third-order valence-corrected chi connectivity index (χ3v) is 6.00. The highest BCUT2D eigenvalue weighted by molar-refractivity contribution is 6.03. The predicted molar refractivity (Wildman–Crippen MR) is 104 cm³/mol. The first-order valence-electron chi connectivity index (χ1n) is 10.2. The van der Waals surface area contributed by atoms with E-state index in [4.69, 9.17) is 13.9 Å². The fraction of sp³-hybridized carbons (Fsp3) is 0.455. The third kappa shape index (κ3) is 3.29. The standard InChI is InChI=1S/C22H24N2O5/c1-14-20-16(25)3-2-4-18(20)29-21(14)22(26)24-9-7-23(8-10-24)12-15-5-6-17-19(11-15)28-13-27-17/h5-6,11H,2-4,7-10,12-13H2,1H3. The highest BCUT2D eigenvalue weighted by atomic mass is 16.7. The monoisotopic (exact) mass is 396 g/mol. The van der Waals surface area contributed by atoms with Gasteiger partial charge in [-0.1, -0.05) is 6.07 Å². The quantitative estimate of drug-likeness (QED) is 0.795. The predicted octanol–water partition coefficient (Wildman–Crippen LogP) is 2.79. The van der Waals surface area contributed by atoms with E-state index in [0.29, 0.717) is 42.2 Å². The molecular formula is C22H24N2O5. The van der Waals surface area contributed by atoms with Gasteiger partial charge in [0.25, 0.3) is 5.91 Å².